The van der Waals surface area contributed by atoms with Crippen LogP contribution in [0.3, 0.4) is 0 Å². The molecule has 0 aromatic heterocycles. The number of ether oxygens (including phenoxy) is 1. The monoisotopic (exact) mass is 278 g/mol. The molecule has 0 spiro atoms. The molecule has 1 atom stereocenters. The first kappa shape index (κ1) is 14.3. The third-order valence-corrected chi connectivity index (χ3v) is 4.52. The molecule has 4 heteroatoms. The van der Waals surface area contributed by atoms with Crippen molar-refractivity contribution in [3.63, 3.8) is 0 Å². The Hall–Kier alpha value is -1.16. The van der Waals surface area contributed by atoms with Gasteiger partial charge in [0.05, 0.1) is 13.2 Å². The zero-order valence-corrected chi connectivity index (χ0v) is 12.5. The smallest absolute Gasteiger partial charge is 0.156 e. The highest BCUT2D eigenvalue weighted by Gasteiger charge is 2.21. The number of hydrogen-bond donors (Lipinski definition) is 1. The number of rotatable bonds is 6. The molecule has 19 heavy (non-hydrogen) atoms. The maximum absolute atomic E-state index is 5.64. The molecule has 3 nitrogen and oxygen atoms in total. The van der Waals surface area contributed by atoms with E-state index in [9.17, 15) is 0 Å². The van der Waals surface area contributed by atoms with Crippen LogP contribution in [-0.2, 0) is 0 Å². The third-order valence-electron chi connectivity index (χ3n) is 3.03. The Balaban J connectivity index is 1.56. The molecule has 0 bridgehead atoms. The summed E-state index contributed by atoms with van der Waals surface area (Å²) in [6, 6.07) is 9.94. The van der Waals surface area contributed by atoms with Gasteiger partial charge >= 0.3 is 0 Å². The zero-order chi connectivity index (χ0) is 13.5. The van der Waals surface area contributed by atoms with Gasteiger partial charge in [0.25, 0.3) is 0 Å². The summed E-state index contributed by atoms with van der Waals surface area (Å²) in [7, 11) is 0. The first-order valence-corrected chi connectivity index (χ1v) is 7.76. The molecule has 0 amide bonds. The van der Waals surface area contributed by atoms with Crippen molar-refractivity contribution in [3.05, 3.63) is 30.3 Å². The van der Waals surface area contributed by atoms with E-state index >= 15 is 0 Å². The first-order valence-electron chi connectivity index (χ1n) is 6.88. The average molecular weight is 278 g/mol. The van der Waals surface area contributed by atoms with Crippen LogP contribution in [0.15, 0.2) is 35.3 Å². The molecule has 0 radical (unpaired) electrons. The molecule has 1 heterocycles. The van der Waals surface area contributed by atoms with Crippen LogP contribution < -0.4 is 10.1 Å². The lowest BCUT2D eigenvalue weighted by Crippen LogP contribution is -2.22. The van der Waals surface area contributed by atoms with Crippen molar-refractivity contribution in [1.82, 2.24) is 5.32 Å². The summed E-state index contributed by atoms with van der Waals surface area (Å²) in [6.07, 6.45) is 0.987. The molecule has 1 N–H and O–H groups in total. The Kier molecular flexibility index (Phi) is 5.58. The van der Waals surface area contributed by atoms with Crippen LogP contribution >= 0.6 is 11.8 Å². The number of amidine groups is 1. The molecule has 1 aromatic carbocycles. The lowest BCUT2D eigenvalue weighted by atomic mass is 10.1. The summed E-state index contributed by atoms with van der Waals surface area (Å²) in [5, 5.41) is 5.12. The Morgan fingerprint density at radius 2 is 2.16 bits per heavy atom. The van der Waals surface area contributed by atoms with E-state index in [0.717, 1.165) is 37.0 Å². The fourth-order valence-electron chi connectivity index (χ4n) is 1.81. The van der Waals surface area contributed by atoms with Gasteiger partial charge in [-0.25, -0.2) is 0 Å². The van der Waals surface area contributed by atoms with Crippen molar-refractivity contribution in [1.29, 1.82) is 0 Å². The number of nitrogens with zero attached hydrogens (tertiary/aromatic N) is 1. The fraction of sp³-hybridized carbons (Fsp3) is 0.533. The Bertz CT molecular complexity index is 406. The summed E-state index contributed by atoms with van der Waals surface area (Å²) in [4.78, 5) is 4.52. The molecule has 0 fully saturated rings. The van der Waals surface area contributed by atoms with Gasteiger partial charge in [-0.05, 0) is 24.5 Å². The molecule has 1 aliphatic heterocycles. The van der Waals surface area contributed by atoms with E-state index < -0.39 is 0 Å². The van der Waals surface area contributed by atoms with Gasteiger partial charge in [0, 0.05) is 11.8 Å². The molecule has 104 valence electrons. The number of hydrogen-bond acceptors (Lipinski definition) is 4. The maximum atomic E-state index is 5.64. The average Bonchev–Trinajstić information content (AvgIpc) is 2.89. The van der Waals surface area contributed by atoms with E-state index in [1.54, 1.807) is 0 Å². The van der Waals surface area contributed by atoms with Gasteiger partial charge in [-0.2, -0.15) is 0 Å². The minimum Gasteiger partial charge on any atom is -0.494 e. The van der Waals surface area contributed by atoms with Gasteiger partial charge in [-0.3, -0.25) is 4.99 Å². The van der Waals surface area contributed by atoms with Crippen LogP contribution in [0.4, 0.5) is 0 Å². The molecule has 0 aliphatic carbocycles. The molecular formula is C15H22N2OS. The number of para-hydroxylation sites is 1. The standard InChI is InChI=1S/C15H22N2OS/c1-12(2)14-11-17-15(19-14)16-9-6-10-18-13-7-4-3-5-8-13/h3-5,7-8,12,14H,6,9-11H2,1-2H3,(H,16,17). The summed E-state index contributed by atoms with van der Waals surface area (Å²) < 4.78 is 5.64. The van der Waals surface area contributed by atoms with Gasteiger partial charge in [-0.1, -0.05) is 43.8 Å². The second-order valence-electron chi connectivity index (χ2n) is 4.99. The topological polar surface area (TPSA) is 33.6 Å². The van der Waals surface area contributed by atoms with Crippen molar-refractivity contribution < 1.29 is 4.74 Å². The van der Waals surface area contributed by atoms with Crippen LogP contribution in [0.2, 0.25) is 0 Å². The van der Waals surface area contributed by atoms with Crippen molar-refractivity contribution >= 4 is 16.9 Å². The van der Waals surface area contributed by atoms with E-state index in [4.69, 9.17) is 4.74 Å². The van der Waals surface area contributed by atoms with Crippen molar-refractivity contribution in [2.45, 2.75) is 25.5 Å². The summed E-state index contributed by atoms with van der Waals surface area (Å²) in [6.45, 7) is 7.12. The molecule has 1 aliphatic rings. The normalized spacial score (nSPS) is 18.5. The van der Waals surface area contributed by atoms with Crippen LogP contribution in [-0.4, -0.2) is 30.1 Å². The van der Waals surface area contributed by atoms with Crippen LogP contribution in [0.25, 0.3) is 0 Å². The number of thioether (sulfide) groups is 1. The second-order valence-corrected chi connectivity index (χ2v) is 6.22. The summed E-state index contributed by atoms with van der Waals surface area (Å²) in [5.41, 5.74) is 0. The van der Waals surface area contributed by atoms with Gasteiger partial charge in [0.15, 0.2) is 5.17 Å². The van der Waals surface area contributed by atoms with Crippen LogP contribution in [0.1, 0.15) is 20.3 Å². The Labute approximate surface area is 119 Å². The number of nitrogens with one attached hydrogen (secondary N) is 1. The SMILES string of the molecule is CC(C)C1CN=C(NCCCOc2ccccc2)S1. The molecule has 1 aromatic rings. The maximum Gasteiger partial charge on any atom is 0.156 e. The van der Waals surface area contributed by atoms with Crippen LogP contribution in [0.5, 0.6) is 5.75 Å². The van der Waals surface area contributed by atoms with Crippen molar-refractivity contribution in [2.24, 2.45) is 10.9 Å². The summed E-state index contributed by atoms with van der Waals surface area (Å²) in [5.74, 6) is 1.63. The first-order chi connectivity index (χ1) is 9.25. The number of aliphatic imine (C=N–C) groups is 1. The van der Waals surface area contributed by atoms with Crippen molar-refractivity contribution in [3.8, 4) is 5.75 Å². The third kappa shape index (κ3) is 4.78. The van der Waals surface area contributed by atoms with Gasteiger partial charge in [0.1, 0.15) is 5.75 Å². The highest BCUT2D eigenvalue weighted by Crippen LogP contribution is 2.25. The predicted molar refractivity (Wildman–Crippen MR) is 83.1 cm³/mol. The van der Waals surface area contributed by atoms with Gasteiger partial charge in [0.2, 0.25) is 0 Å². The Morgan fingerprint density at radius 3 is 2.84 bits per heavy atom. The quantitative estimate of drug-likeness (QED) is 0.811. The highest BCUT2D eigenvalue weighted by atomic mass is 32.2. The Morgan fingerprint density at radius 1 is 1.37 bits per heavy atom. The molecule has 0 saturated carbocycles. The minimum atomic E-state index is 0.642. The number of benzene rings is 1. The lowest BCUT2D eigenvalue weighted by molar-refractivity contribution is 0.311. The largest absolute Gasteiger partial charge is 0.494 e. The van der Waals surface area contributed by atoms with Gasteiger partial charge in [-0.15, -0.1) is 0 Å². The second kappa shape index (κ2) is 7.43. The molecule has 0 saturated heterocycles. The highest BCUT2D eigenvalue weighted by molar-refractivity contribution is 8.14. The van der Waals surface area contributed by atoms with Crippen LogP contribution in [0, 0.1) is 5.92 Å². The summed E-state index contributed by atoms with van der Waals surface area (Å²) >= 11 is 1.87. The fourth-order valence-corrected chi connectivity index (χ4v) is 2.85. The van der Waals surface area contributed by atoms with Gasteiger partial charge < -0.3 is 10.1 Å². The predicted octanol–water partition coefficient (Wildman–Crippen LogP) is 3.17. The van der Waals surface area contributed by atoms with E-state index in [-0.39, 0.29) is 0 Å². The van der Waals surface area contributed by atoms with E-state index in [2.05, 4.69) is 24.2 Å². The van der Waals surface area contributed by atoms with Crippen molar-refractivity contribution in [2.75, 3.05) is 19.7 Å². The zero-order valence-electron chi connectivity index (χ0n) is 11.6. The molecule has 1 unspecified atom stereocenters. The van der Waals surface area contributed by atoms with E-state index in [0.29, 0.717) is 11.2 Å². The lowest BCUT2D eigenvalue weighted by Gasteiger charge is -2.12. The van der Waals surface area contributed by atoms with E-state index in [1.807, 2.05) is 42.1 Å². The van der Waals surface area contributed by atoms with E-state index in [1.165, 1.54) is 0 Å². The minimum absolute atomic E-state index is 0.642. The molecular weight excluding hydrogens is 256 g/mol. The molecule has 2 rings (SSSR count).